The maximum atomic E-state index is 13.4. The highest BCUT2D eigenvalue weighted by Crippen LogP contribution is 2.29. The second-order valence-corrected chi connectivity index (χ2v) is 4.28. The van der Waals surface area contributed by atoms with Crippen LogP contribution in [0.1, 0.15) is 25.7 Å². The van der Waals surface area contributed by atoms with Gasteiger partial charge in [-0.2, -0.15) is 12.6 Å². The van der Waals surface area contributed by atoms with E-state index in [9.17, 15) is 14.5 Å². The molecule has 0 N–H and O–H groups in total. The van der Waals surface area contributed by atoms with E-state index in [2.05, 4.69) is 12.6 Å². The summed E-state index contributed by atoms with van der Waals surface area (Å²) in [6, 6.07) is 3.69. The Kier molecular flexibility index (Phi) is 6.49. The molecule has 0 amide bonds. The molecule has 0 fully saturated rings. The Morgan fingerprint density at radius 1 is 1.28 bits per heavy atom. The molecule has 100 valence electrons. The fraction of sp³-hybridized carbons (Fsp3) is 0.500. The van der Waals surface area contributed by atoms with Gasteiger partial charge in [-0.05, 0) is 24.7 Å². The number of thiol groups is 1. The monoisotopic (exact) mass is 273 g/mol. The number of hydrogen-bond donors (Lipinski definition) is 1. The van der Waals surface area contributed by atoms with Crippen molar-refractivity contribution in [3.63, 3.8) is 0 Å². The molecule has 0 heterocycles. The average molecular weight is 273 g/mol. The molecule has 6 heteroatoms. The molecule has 1 aromatic carbocycles. The van der Waals surface area contributed by atoms with Crippen LogP contribution in [0.25, 0.3) is 0 Å². The van der Waals surface area contributed by atoms with Gasteiger partial charge in [-0.15, -0.1) is 0 Å². The lowest BCUT2D eigenvalue weighted by Crippen LogP contribution is -2.02. The van der Waals surface area contributed by atoms with E-state index in [4.69, 9.17) is 4.74 Å². The van der Waals surface area contributed by atoms with Crippen LogP contribution in [-0.2, 0) is 0 Å². The average Bonchev–Trinajstić information content (AvgIpc) is 2.34. The normalized spacial score (nSPS) is 10.3. The van der Waals surface area contributed by atoms with Crippen LogP contribution < -0.4 is 4.74 Å². The molecule has 0 unspecified atom stereocenters. The molecule has 0 aliphatic heterocycles. The van der Waals surface area contributed by atoms with Gasteiger partial charge in [0.15, 0.2) is 5.82 Å². The third kappa shape index (κ3) is 4.52. The van der Waals surface area contributed by atoms with Gasteiger partial charge < -0.3 is 4.74 Å². The highest BCUT2D eigenvalue weighted by atomic mass is 32.1. The summed E-state index contributed by atoms with van der Waals surface area (Å²) in [5, 5.41) is 10.7. The van der Waals surface area contributed by atoms with Crippen LogP contribution in [0.3, 0.4) is 0 Å². The van der Waals surface area contributed by atoms with Crippen LogP contribution >= 0.6 is 12.6 Å². The first-order valence-electron chi connectivity index (χ1n) is 5.83. The SMILES string of the molecule is O=[N+]([O-])c1cccc(F)c1OCCCCCCS. The number of halogens is 1. The molecule has 4 nitrogen and oxygen atoms in total. The van der Waals surface area contributed by atoms with Crippen molar-refractivity contribution in [2.24, 2.45) is 0 Å². The quantitative estimate of drug-likeness (QED) is 0.341. The smallest absolute Gasteiger partial charge is 0.314 e. The van der Waals surface area contributed by atoms with Crippen molar-refractivity contribution >= 4 is 18.3 Å². The minimum absolute atomic E-state index is 0.267. The van der Waals surface area contributed by atoms with E-state index in [1.807, 2.05) is 0 Å². The number of hydrogen-bond acceptors (Lipinski definition) is 4. The molecule has 0 saturated carbocycles. The third-order valence-electron chi connectivity index (χ3n) is 2.44. The maximum Gasteiger partial charge on any atom is 0.314 e. The summed E-state index contributed by atoms with van der Waals surface area (Å²) in [7, 11) is 0. The molecule has 0 atom stereocenters. The van der Waals surface area contributed by atoms with Gasteiger partial charge in [0.2, 0.25) is 5.75 Å². The van der Waals surface area contributed by atoms with Gasteiger partial charge in [0, 0.05) is 6.07 Å². The van der Waals surface area contributed by atoms with E-state index >= 15 is 0 Å². The molecule has 0 radical (unpaired) electrons. The van der Waals surface area contributed by atoms with Crippen molar-refractivity contribution in [2.45, 2.75) is 25.7 Å². The highest BCUT2D eigenvalue weighted by Gasteiger charge is 2.18. The molecular formula is C12H16FNO3S. The molecule has 0 aromatic heterocycles. The van der Waals surface area contributed by atoms with Crippen LogP contribution in [0.2, 0.25) is 0 Å². The molecule has 1 aromatic rings. The molecule has 0 spiro atoms. The number of para-hydroxylation sites is 1. The number of benzene rings is 1. The van der Waals surface area contributed by atoms with Crippen LogP contribution in [0.4, 0.5) is 10.1 Å². The van der Waals surface area contributed by atoms with Crippen molar-refractivity contribution in [1.82, 2.24) is 0 Å². The molecular weight excluding hydrogens is 257 g/mol. The van der Waals surface area contributed by atoms with Crippen molar-refractivity contribution < 1.29 is 14.1 Å². The fourth-order valence-corrected chi connectivity index (χ4v) is 1.75. The minimum Gasteiger partial charge on any atom is -0.485 e. The molecule has 0 aliphatic carbocycles. The second kappa shape index (κ2) is 7.92. The zero-order valence-electron chi connectivity index (χ0n) is 9.97. The van der Waals surface area contributed by atoms with Gasteiger partial charge in [-0.1, -0.05) is 18.9 Å². The number of nitro groups is 1. The summed E-state index contributed by atoms with van der Waals surface area (Å²) in [5.74, 6) is -0.115. The molecule has 0 saturated heterocycles. The zero-order chi connectivity index (χ0) is 13.4. The van der Waals surface area contributed by atoms with E-state index in [1.165, 1.54) is 12.1 Å². The lowest BCUT2D eigenvalue weighted by atomic mass is 10.2. The van der Waals surface area contributed by atoms with Crippen molar-refractivity contribution in [3.05, 3.63) is 34.1 Å². The van der Waals surface area contributed by atoms with Crippen molar-refractivity contribution in [2.75, 3.05) is 12.4 Å². The first-order chi connectivity index (χ1) is 8.66. The van der Waals surface area contributed by atoms with E-state index in [1.54, 1.807) is 0 Å². The van der Waals surface area contributed by atoms with E-state index in [-0.39, 0.29) is 18.0 Å². The highest BCUT2D eigenvalue weighted by molar-refractivity contribution is 7.80. The second-order valence-electron chi connectivity index (χ2n) is 3.83. The number of ether oxygens (including phenoxy) is 1. The van der Waals surface area contributed by atoms with Crippen LogP contribution in [0, 0.1) is 15.9 Å². The molecule has 0 aliphatic rings. The van der Waals surface area contributed by atoms with Crippen molar-refractivity contribution in [1.29, 1.82) is 0 Å². The fourth-order valence-electron chi connectivity index (χ4n) is 1.53. The lowest BCUT2D eigenvalue weighted by Gasteiger charge is -2.07. The number of rotatable bonds is 8. The predicted octanol–water partition coefficient (Wildman–Crippen LogP) is 3.60. The summed E-state index contributed by atoms with van der Waals surface area (Å²) in [5.41, 5.74) is -0.328. The summed E-state index contributed by atoms with van der Waals surface area (Å²) in [6.45, 7) is 0.286. The Hall–Kier alpha value is -1.30. The topological polar surface area (TPSA) is 52.4 Å². The lowest BCUT2D eigenvalue weighted by molar-refractivity contribution is -0.386. The third-order valence-corrected chi connectivity index (χ3v) is 2.76. The van der Waals surface area contributed by atoms with Crippen molar-refractivity contribution in [3.8, 4) is 5.75 Å². The van der Waals surface area contributed by atoms with Gasteiger partial charge in [0.25, 0.3) is 0 Å². The van der Waals surface area contributed by atoms with E-state index in [0.29, 0.717) is 0 Å². The first kappa shape index (κ1) is 14.8. The minimum atomic E-state index is -0.695. The van der Waals surface area contributed by atoms with Gasteiger partial charge in [0.05, 0.1) is 11.5 Å². The van der Waals surface area contributed by atoms with Crippen LogP contribution in [0.5, 0.6) is 5.75 Å². The largest absolute Gasteiger partial charge is 0.485 e. The van der Waals surface area contributed by atoms with Gasteiger partial charge >= 0.3 is 5.69 Å². The Morgan fingerprint density at radius 3 is 2.67 bits per heavy atom. The van der Waals surface area contributed by atoms with Gasteiger partial charge in [-0.25, -0.2) is 4.39 Å². The zero-order valence-corrected chi connectivity index (χ0v) is 10.9. The predicted molar refractivity (Wildman–Crippen MR) is 70.9 cm³/mol. The molecule has 1 rings (SSSR count). The Labute approximate surface area is 111 Å². The summed E-state index contributed by atoms with van der Waals surface area (Å²) in [6.07, 6.45) is 3.76. The first-order valence-corrected chi connectivity index (χ1v) is 6.46. The van der Waals surface area contributed by atoms with Gasteiger partial charge in [-0.3, -0.25) is 10.1 Å². The number of unbranched alkanes of at least 4 members (excludes halogenated alkanes) is 3. The Bertz CT molecular complexity index is 401. The standard InChI is InChI=1S/C12H16FNO3S/c13-10-6-5-7-11(14(15)16)12(10)17-8-3-1-2-4-9-18/h5-7,18H,1-4,8-9H2. The van der Waals surface area contributed by atoms with Gasteiger partial charge in [0.1, 0.15) is 0 Å². The Morgan fingerprint density at radius 2 is 2.00 bits per heavy atom. The Balaban J connectivity index is 2.48. The number of nitro benzene ring substituents is 1. The summed E-state index contributed by atoms with van der Waals surface area (Å²) < 4.78 is 18.6. The number of nitrogens with zero attached hydrogens (tertiary/aromatic N) is 1. The van der Waals surface area contributed by atoms with E-state index in [0.717, 1.165) is 37.5 Å². The molecule has 0 bridgehead atoms. The summed E-state index contributed by atoms with van der Waals surface area (Å²) in [4.78, 5) is 10.1. The van der Waals surface area contributed by atoms with Crippen LogP contribution in [-0.4, -0.2) is 17.3 Å². The van der Waals surface area contributed by atoms with Crippen LogP contribution in [0.15, 0.2) is 18.2 Å². The molecule has 18 heavy (non-hydrogen) atoms. The summed E-state index contributed by atoms with van der Waals surface area (Å²) >= 11 is 4.10. The maximum absolute atomic E-state index is 13.4. The van der Waals surface area contributed by atoms with E-state index < -0.39 is 10.7 Å².